The summed E-state index contributed by atoms with van der Waals surface area (Å²) in [6.07, 6.45) is 2.59. The van der Waals surface area contributed by atoms with Crippen LogP contribution in [0, 0.1) is 5.82 Å². The Hall–Kier alpha value is -0.940. The first kappa shape index (κ1) is 14.5. The molecule has 0 fully saturated rings. The number of benzene rings is 1. The Morgan fingerprint density at radius 2 is 2.21 bits per heavy atom. The van der Waals surface area contributed by atoms with Crippen molar-refractivity contribution in [2.45, 2.75) is 25.3 Å². The number of aryl methyl sites for hydroxylation is 1. The molecule has 1 unspecified atom stereocenters. The van der Waals surface area contributed by atoms with E-state index in [0.29, 0.717) is 11.4 Å². The van der Waals surface area contributed by atoms with Crippen LogP contribution in [-0.4, -0.2) is 6.04 Å². The molecule has 0 bridgehead atoms. The lowest BCUT2D eigenvalue weighted by atomic mass is 10.0. The molecule has 0 amide bonds. The van der Waals surface area contributed by atoms with Gasteiger partial charge in [-0.3, -0.25) is 11.3 Å². The first-order valence-corrected chi connectivity index (χ1v) is 7.37. The van der Waals surface area contributed by atoms with Crippen molar-refractivity contribution in [2.24, 2.45) is 5.84 Å². The highest BCUT2D eigenvalue weighted by molar-refractivity contribution is 7.09. The van der Waals surface area contributed by atoms with Gasteiger partial charge in [0.1, 0.15) is 5.82 Å². The molecule has 2 rings (SSSR count). The Kier molecular flexibility index (Phi) is 5.34. The van der Waals surface area contributed by atoms with Crippen molar-refractivity contribution >= 4 is 22.9 Å². The lowest BCUT2D eigenvalue weighted by molar-refractivity contribution is 0.492. The highest BCUT2D eigenvalue weighted by atomic mass is 35.5. The van der Waals surface area contributed by atoms with Crippen molar-refractivity contribution in [1.29, 1.82) is 0 Å². The molecule has 0 saturated heterocycles. The summed E-state index contributed by atoms with van der Waals surface area (Å²) in [4.78, 5) is 1.34. The minimum atomic E-state index is -0.315. The molecule has 0 aliphatic heterocycles. The molecule has 1 heterocycles. The maximum Gasteiger partial charge on any atom is 0.124 e. The first-order valence-electron chi connectivity index (χ1n) is 6.11. The highest BCUT2D eigenvalue weighted by Gasteiger charge is 2.11. The Morgan fingerprint density at radius 3 is 2.84 bits per heavy atom. The van der Waals surface area contributed by atoms with Crippen LogP contribution >= 0.6 is 22.9 Å². The van der Waals surface area contributed by atoms with E-state index in [0.717, 1.165) is 18.4 Å². The molecule has 0 saturated carbocycles. The van der Waals surface area contributed by atoms with Crippen LogP contribution in [0.3, 0.4) is 0 Å². The Bertz CT molecular complexity index is 516. The fourth-order valence-electron chi connectivity index (χ4n) is 1.97. The molecule has 102 valence electrons. The largest absolute Gasteiger partial charge is 0.271 e. The number of hydrogen-bond donors (Lipinski definition) is 2. The molecule has 0 aliphatic carbocycles. The van der Waals surface area contributed by atoms with E-state index < -0.39 is 0 Å². The topological polar surface area (TPSA) is 38.0 Å². The number of halogens is 2. The predicted molar refractivity (Wildman–Crippen MR) is 78.9 cm³/mol. The number of hydrazine groups is 1. The van der Waals surface area contributed by atoms with Gasteiger partial charge < -0.3 is 0 Å². The van der Waals surface area contributed by atoms with E-state index in [4.69, 9.17) is 17.4 Å². The zero-order chi connectivity index (χ0) is 13.7. The Balaban J connectivity index is 1.94. The van der Waals surface area contributed by atoms with E-state index in [2.05, 4.69) is 16.9 Å². The van der Waals surface area contributed by atoms with Crippen LogP contribution in [0.1, 0.15) is 16.9 Å². The molecular formula is C14H16ClFN2S. The van der Waals surface area contributed by atoms with Gasteiger partial charge in [-0.1, -0.05) is 23.7 Å². The molecule has 19 heavy (non-hydrogen) atoms. The molecule has 5 heteroatoms. The van der Waals surface area contributed by atoms with Crippen LogP contribution in [0.5, 0.6) is 0 Å². The van der Waals surface area contributed by atoms with Gasteiger partial charge in [-0.2, -0.15) is 0 Å². The maximum atomic E-state index is 13.0. The zero-order valence-electron chi connectivity index (χ0n) is 10.4. The summed E-state index contributed by atoms with van der Waals surface area (Å²) in [5.74, 6) is 5.26. The standard InChI is InChI=1S/C14H16ClFN2S/c15-14-9-11(16)4-3-10(14)8-12(18-17)5-6-13-2-1-7-19-13/h1-4,7,9,12,18H,5-6,8,17H2. The van der Waals surface area contributed by atoms with Crippen LogP contribution in [-0.2, 0) is 12.8 Å². The molecule has 1 atom stereocenters. The number of thiophene rings is 1. The van der Waals surface area contributed by atoms with Crippen molar-refractivity contribution in [3.05, 3.63) is 57.0 Å². The summed E-state index contributed by atoms with van der Waals surface area (Å²) in [6, 6.07) is 8.76. The van der Waals surface area contributed by atoms with E-state index in [1.54, 1.807) is 17.4 Å². The van der Waals surface area contributed by atoms with Crippen molar-refractivity contribution in [3.63, 3.8) is 0 Å². The Labute approximate surface area is 121 Å². The van der Waals surface area contributed by atoms with Gasteiger partial charge in [0.15, 0.2) is 0 Å². The van der Waals surface area contributed by atoms with Gasteiger partial charge in [0.2, 0.25) is 0 Å². The minimum Gasteiger partial charge on any atom is -0.271 e. The lowest BCUT2D eigenvalue weighted by Gasteiger charge is -2.16. The van der Waals surface area contributed by atoms with Crippen molar-refractivity contribution < 1.29 is 4.39 Å². The zero-order valence-corrected chi connectivity index (χ0v) is 12.0. The molecule has 0 radical (unpaired) electrons. The van der Waals surface area contributed by atoms with Crippen molar-refractivity contribution in [3.8, 4) is 0 Å². The Morgan fingerprint density at radius 1 is 1.37 bits per heavy atom. The lowest BCUT2D eigenvalue weighted by Crippen LogP contribution is -2.37. The molecule has 0 aliphatic rings. The van der Waals surface area contributed by atoms with Crippen LogP contribution < -0.4 is 11.3 Å². The maximum absolute atomic E-state index is 13.0. The smallest absolute Gasteiger partial charge is 0.124 e. The fraction of sp³-hybridized carbons (Fsp3) is 0.286. The predicted octanol–water partition coefficient (Wildman–Crippen LogP) is 3.55. The third kappa shape index (κ3) is 4.28. The van der Waals surface area contributed by atoms with Gasteiger partial charge in [0.05, 0.1) is 0 Å². The molecule has 1 aromatic carbocycles. The van der Waals surface area contributed by atoms with Gasteiger partial charge in [-0.15, -0.1) is 11.3 Å². The summed E-state index contributed by atoms with van der Waals surface area (Å²) in [5.41, 5.74) is 3.72. The molecule has 1 aromatic heterocycles. The van der Waals surface area contributed by atoms with Crippen LogP contribution in [0.2, 0.25) is 5.02 Å². The fourth-order valence-corrected chi connectivity index (χ4v) is 2.94. The average molecular weight is 299 g/mol. The molecule has 3 N–H and O–H groups in total. The summed E-state index contributed by atoms with van der Waals surface area (Å²) < 4.78 is 13.0. The quantitative estimate of drug-likeness (QED) is 0.632. The summed E-state index contributed by atoms with van der Waals surface area (Å²) in [6.45, 7) is 0. The summed E-state index contributed by atoms with van der Waals surface area (Å²) >= 11 is 7.77. The second kappa shape index (κ2) is 7.01. The number of rotatable bonds is 6. The highest BCUT2D eigenvalue weighted by Crippen LogP contribution is 2.20. The minimum absolute atomic E-state index is 0.130. The second-order valence-electron chi connectivity index (χ2n) is 4.42. The number of hydrogen-bond acceptors (Lipinski definition) is 3. The van der Waals surface area contributed by atoms with E-state index in [1.807, 2.05) is 6.07 Å². The van der Waals surface area contributed by atoms with Crippen LogP contribution in [0.4, 0.5) is 4.39 Å². The molecule has 2 nitrogen and oxygen atoms in total. The first-order chi connectivity index (χ1) is 9.19. The van der Waals surface area contributed by atoms with E-state index in [-0.39, 0.29) is 11.9 Å². The molecule has 0 spiro atoms. The van der Waals surface area contributed by atoms with Crippen molar-refractivity contribution in [1.82, 2.24) is 5.43 Å². The van der Waals surface area contributed by atoms with E-state index in [1.165, 1.54) is 17.0 Å². The third-order valence-electron chi connectivity index (χ3n) is 3.04. The van der Waals surface area contributed by atoms with Gasteiger partial charge in [-0.25, -0.2) is 4.39 Å². The molecule has 2 aromatic rings. The normalized spacial score (nSPS) is 12.6. The number of nitrogens with two attached hydrogens (primary N) is 1. The number of nitrogens with one attached hydrogen (secondary N) is 1. The van der Waals surface area contributed by atoms with Crippen LogP contribution in [0.25, 0.3) is 0 Å². The van der Waals surface area contributed by atoms with E-state index >= 15 is 0 Å². The average Bonchev–Trinajstić information content (AvgIpc) is 2.90. The van der Waals surface area contributed by atoms with Gasteiger partial charge >= 0.3 is 0 Å². The van der Waals surface area contributed by atoms with Crippen LogP contribution in [0.15, 0.2) is 35.7 Å². The summed E-state index contributed by atoms with van der Waals surface area (Å²) in [5, 5.41) is 2.52. The molecular weight excluding hydrogens is 283 g/mol. The van der Waals surface area contributed by atoms with Crippen molar-refractivity contribution in [2.75, 3.05) is 0 Å². The monoisotopic (exact) mass is 298 g/mol. The summed E-state index contributed by atoms with van der Waals surface area (Å²) in [7, 11) is 0. The van der Waals surface area contributed by atoms with Gasteiger partial charge in [0, 0.05) is 15.9 Å². The SMILES string of the molecule is NNC(CCc1cccs1)Cc1ccc(F)cc1Cl. The van der Waals surface area contributed by atoms with Gasteiger partial charge in [0.25, 0.3) is 0 Å². The third-order valence-corrected chi connectivity index (χ3v) is 4.32. The van der Waals surface area contributed by atoms with E-state index in [9.17, 15) is 4.39 Å². The van der Waals surface area contributed by atoms with Gasteiger partial charge in [-0.05, 0) is 48.4 Å². The second-order valence-corrected chi connectivity index (χ2v) is 5.86.